The van der Waals surface area contributed by atoms with Crippen molar-refractivity contribution in [1.29, 1.82) is 0 Å². The molecule has 4 nitrogen and oxygen atoms in total. The minimum atomic E-state index is -2.99. The van der Waals surface area contributed by atoms with Gasteiger partial charge in [-0.1, -0.05) is 30.4 Å². The molecule has 0 atom stereocenters. The van der Waals surface area contributed by atoms with Crippen molar-refractivity contribution < 1.29 is 18.3 Å². The molecule has 0 aliphatic heterocycles. The molecule has 0 amide bonds. The summed E-state index contributed by atoms with van der Waals surface area (Å²) in [5.74, 6) is 0.835. The molecule has 0 fully saturated rings. The average Bonchev–Trinajstić information content (AvgIpc) is 2.52. The van der Waals surface area contributed by atoms with Crippen molar-refractivity contribution in [1.82, 2.24) is 0 Å². The van der Waals surface area contributed by atoms with E-state index in [4.69, 9.17) is 13.8 Å². The molecule has 1 rings (SSSR count). The maximum atomic E-state index is 12.3. The van der Waals surface area contributed by atoms with E-state index in [0.717, 1.165) is 16.9 Å². The zero-order valence-electron chi connectivity index (χ0n) is 13.7. The van der Waals surface area contributed by atoms with E-state index in [1.54, 1.807) is 7.11 Å². The third kappa shape index (κ3) is 6.18. The maximum absolute atomic E-state index is 12.3. The second-order valence-electron chi connectivity index (χ2n) is 4.64. The number of allylic oxidation sites excluding steroid dienone is 4. The molecular formula is C17H25O4P. The van der Waals surface area contributed by atoms with E-state index < -0.39 is 7.60 Å². The smallest absolute Gasteiger partial charge is 0.334 e. The minimum absolute atomic E-state index is 0.279. The molecule has 122 valence electrons. The number of benzene rings is 1. The van der Waals surface area contributed by atoms with Crippen LogP contribution in [-0.2, 0) is 13.6 Å². The quantitative estimate of drug-likeness (QED) is 0.478. The fraction of sp³-hybridized carbons (Fsp3) is 0.412. The fourth-order valence-corrected chi connectivity index (χ4v) is 3.34. The van der Waals surface area contributed by atoms with E-state index in [1.807, 2.05) is 63.3 Å². The van der Waals surface area contributed by atoms with Crippen molar-refractivity contribution in [3.63, 3.8) is 0 Å². The largest absolute Gasteiger partial charge is 0.497 e. The highest BCUT2D eigenvalue weighted by atomic mass is 31.2. The molecule has 0 unspecified atom stereocenters. The van der Waals surface area contributed by atoms with E-state index in [2.05, 4.69) is 0 Å². The Labute approximate surface area is 133 Å². The van der Waals surface area contributed by atoms with Crippen LogP contribution >= 0.6 is 7.60 Å². The van der Waals surface area contributed by atoms with Gasteiger partial charge in [-0.05, 0) is 44.0 Å². The Morgan fingerprint density at radius 1 is 1.14 bits per heavy atom. The van der Waals surface area contributed by atoms with Gasteiger partial charge in [0.1, 0.15) is 5.75 Å². The van der Waals surface area contributed by atoms with Gasteiger partial charge in [0.25, 0.3) is 0 Å². The first-order chi connectivity index (χ1) is 10.5. The van der Waals surface area contributed by atoms with Crippen LogP contribution < -0.4 is 4.74 Å². The fourth-order valence-electron chi connectivity index (χ4n) is 1.89. The normalized spacial score (nSPS) is 12.8. The molecule has 0 aliphatic carbocycles. The molecule has 0 saturated carbocycles. The van der Waals surface area contributed by atoms with Crippen LogP contribution in [0, 0.1) is 0 Å². The van der Waals surface area contributed by atoms with E-state index >= 15 is 0 Å². The summed E-state index contributed by atoms with van der Waals surface area (Å²) in [6, 6.07) is 7.86. The van der Waals surface area contributed by atoms with Gasteiger partial charge in [-0.2, -0.15) is 0 Å². The van der Waals surface area contributed by atoms with Gasteiger partial charge < -0.3 is 13.8 Å². The molecule has 5 heteroatoms. The Kier molecular flexibility index (Phi) is 8.18. The Morgan fingerprint density at radius 2 is 1.73 bits per heavy atom. The van der Waals surface area contributed by atoms with Crippen molar-refractivity contribution in [2.75, 3.05) is 26.5 Å². The maximum Gasteiger partial charge on any atom is 0.334 e. The predicted octanol–water partition coefficient (Wildman–Crippen LogP) is 4.92. The standard InChI is InChI=1S/C17H25O4P/c1-5-20-22(18,21-6-2)14-8-7-9-15(3)16-10-12-17(19-4)13-11-16/h7-13H,5-6,14H2,1-4H3. The Hall–Kier alpha value is -1.35. The predicted molar refractivity (Wildman–Crippen MR) is 91.5 cm³/mol. The Bertz CT molecular complexity index is 536. The summed E-state index contributed by atoms with van der Waals surface area (Å²) >= 11 is 0. The highest BCUT2D eigenvalue weighted by molar-refractivity contribution is 7.54. The van der Waals surface area contributed by atoms with Crippen LogP contribution in [0.25, 0.3) is 5.57 Å². The van der Waals surface area contributed by atoms with E-state index in [0.29, 0.717) is 13.2 Å². The molecular weight excluding hydrogens is 299 g/mol. The summed E-state index contributed by atoms with van der Waals surface area (Å²) < 4.78 is 27.9. The molecule has 1 aromatic rings. The Balaban J connectivity index is 2.66. The molecule has 0 heterocycles. The average molecular weight is 324 g/mol. The van der Waals surface area contributed by atoms with Gasteiger partial charge in [0.15, 0.2) is 0 Å². The van der Waals surface area contributed by atoms with Crippen molar-refractivity contribution in [3.05, 3.63) is 48.1 Å². The van der Waals surface area contributed by atoms with Gasteiger partial charge in [-0.3, -0.25) is 4.57 Å². The minimum Gasteiger partial charge on any atom is -0.497 e. The number of hydrogen-bond donors (Lipinski definition) is 0. The first-order valence-electron chi connectivity index (χ1n) is 7.40. The van der Waals surface area contributed by atoms with Gasteiger partial charge >= 0.3 is 7.60 Å². The zero-order chi connectivity index (χ0) is 16.4. The van der Waals surface area contributed by atoms with Crippen molar-refractivity contribution in [2.24, 2.45) is 0 Å². The molecule has 1 aromatic carbocycles. The number of hydrogen-bond acceptors (Lipinski definition) is 4. The molecule has 0 radical (unpaired) electrons. The summed E-state index contributed by atoms with van der Waals surface area (Å²) in [7, 11) is -1.35. The van der Waals surface area contributed by atoms with Crippen LogP contribution in [0.3, 0.4) is 0 Å². The van der Waals surface area contributed by atoms with E-state index in [1.165, 1.54) is 0 Å². The van der Waals surface area contributed by atoms with Crippen LogP contribution in [0.15, 0.2) is 42.5 Å². The first kappa shape index (κ1) is 18.7. The van der Waals surface area contributed by atoms with Gasteiger partial charge in [0, 0.05) is 0 Å². The monoisotopic (exact) mass is 324 g/mol. The lowest BCUT2D eigenvalue weighted by Crippen LogP contribution is -1.98. The summed E-state index contributed by atoms with van der Waals surface area (Å²) in [5, 5.41) is 0. The highest BCUT2D eigenvalue weighted by Crippen LogP contribution is 2.47. The van der Waals surface area contributed by atoms with Crippen LogP contribution in [-0.4, -0.2) is 26.5 Å². The lowest BCUT2D eigenvalue weighted by atomic mass is 10.1. The topological polar surface area (TPSA) is 44.8 Å². The second-order valence-corrected chi connectivity index (χ2v) is 6.74. The SMILES string of the molecule is CCOP(=O)(CC=CC=C(C)c1ccc(OC)cc1)OCC. The van der Waals surface area contributed by atoms with Crippen molar-refractivity contribution in [3.8, 4) is 5.75 Å². The van der Waals surface area contributed by atoms with Gasteiger partial charge in [0.05, 0.1) is 26.5 Å². The Morgan fingerprint density at radius 3 is 2.23 bits per heavy atom. The van der Waals surface area contributed by atoms with E-state index in [-0.39, 0.29) is 6.16 Å². The van der Waals surface area contributed by atoms with Crippen LogP contribution in [0.2, 0.25) is 0 Å². The number of rotatable bonds is 9. The first-order valence-corrected chi connectivity index (χ1v) is 9.13. The number of methoxy groups -OCH3 is 1. The van der Waals surface area contributed by atoms with E-state index in [9.17, 15) is 4.57 Å². The van der Waals surface area contributed by atoms with Gasteiger partial charge in [-0.25, -0.2) is 0 Å². The van der Waals surface area contributed by atoms with Crippen molar-refractivity contribution >= 4 is 13.2 Å². The summed E-state index contributed by atoms with van der Waals surface area (Å²) in [4.78, 5) is 0. The summed E-state index contributed by atoms with van der Waals surface area (Å²) in [6.45, 7) is 6.40. The second kappa shape index (κ2) is 9.62. The molecule has 0 saturated heterocycles. The summed E-state index contributed by atoms with van der Waals surface area (Å²) in [6.07, 6.45) is 5.95. The van der Waals surface area contributed by atoms with Crippen LogP contribution in [0.5, 0.6) is 5.75 Å². The molecule has 0 bridgehead atoms. The highest BCUT2D eigenvalue weighted by Gasteiger charge is 2.20. The molecule has 0 spiro atoms. The third-order valence-electron chi connectivity index (χ3n) is 3.01. The lowest BCUT2D eigenvalue weighted by Gasteiger charge is -2.14. The molecule has 0 aromatic heterocycles. The van der Waals surface area contributed by atoms with Gasteiger partial charge in [-0.15, -0.1) is 0 Å². The molecule has 0 N–H and O–H groups in total. The van der Waals surface area contributed by atoms with Crippen molar-refractivity contribution in [2.45, 2.75) is 20.8 Å². The molecule has 0 aliphatic rings. The number of ether oxygens (including phenoxy) is 1. The van der Waals surface area contributed by atoms with Crippen LogP contribution in [0.1, 0.15) is 26.3 Å². The van der Waals surface area contributed by atoms with Crippen LogP contribution in [0.4, 0.5) is 0 Å². The van der Waals surface area contributed by atoms with Gasteiger partial charge in [0.2, 0.25) is 0 Å². The third-order valence-corrected chi connectivity index (χ3v) is 4.97. The summed E-state index contributed by atoms with van der Waals surface area (Å²) in [5.41, 5.74) is 2.23. The zero-order valence-corrected chi connectivity index (χ0v) is 14.6. The lowest BCUT2D eigenvalue weighted by molar-refractivity contribution is 0.222. The molecule has 22 heavy (non-hydrogen) atoms.